The van der Waals surface area contributed by atoms with E-state index >= 15 is 0 Å². The summed E-state index contributed by atoms with van der Waals surface area (Å²) in [4.78, 5) is 18.4. The van der Waals surface area contributed by atoms with Gasteiger partial charge in [-0.25, -0.2) is 22.8 Å². The zero-order chi connectivity index (χ0) is 37.0. The SMILES string of the molecule is [2H]C1([2H])N([C@@H](c2ccc3c(c2)nc([C@H](COC(C)(C)C(F)(F)F)CC(C)(C)S(N)=O)n3COCC[Si](C)(C)C)C2CC2)C(=O)NCC1(F)F. The number of hydrogen-bond acceptors (Lipinski definition) is 5. The Kier molecular flexibility index (Phi) is 10.1. The molecule has 0 spiro atoms. The van der Waals surface area contributed by atoms with Crippen LogP contribution in [0, 0.1) is 5.92 Å². The minimum Gasteiger partial charge on any atom is -0.365 e. The first-order chi connectivity index (χ1) is 22.3. The third kappa shape index (κ3) is 9.31. The molecule has 0 radical (unpaired) electrons. The number of ether oxygens (including phenoxy) is 2. The molecule has 1 aromatic carbocycles. The van der Waals surface area contributed by atoms with Gasteiger partial charge in [-0.1, -0.05) is 25.7 Å². The van der Waals surface area contributed by atoms with Crippen molar-refractivity contribution in [3.8, 4) is 0 Å². The number of fused-ring (bicyclic) bond motifs is 1. The molecule has 2 fully saturated rings. The lowest BCUT2D eigenvalue weighted by Crippen LogP contribution is -2.58. The predicted molar refractivity (Wildman–Crippen MR) is 174 cm³/mol. The molecule has 2 aromatic rings. The van der Waals surface area contributed by atoms with Gasteiger partial charge in [0.15, 0.2) is 5.60 Å². The molecule has 47 heavy (non-hydrogen) atoms. The van der Waals surface area contributed by atoms with Crippen LogP contribution in [-0.4, -0.2) is 81.5 Å². The van der Waals surface area contributed by atoms with E-state index in [-0.39, 0.29) is 24.9 Å². The zero-order valence-corrected chi connectivity index (χ0v) is 29.8. The second-order valence-electron chi connectivity index (χ2n) is 14.9. The molecule has 1 aromatic heterocycles. The molecule has 1 aliphatic carbocycles. The van der Waals surface area contributed by atoms with Crippen molar-refractivity contribution in [2.45, 2.75) is 114 Å². The van der Waals surface area contributed by atoms with Gasteiger partial charge in [0.2, 0.25) is 0 Å². The molecule has 16 heteroatoms. The van der Waals surface area contributed by atoms with Gasteiger partial charge in [-0.2, -0.15) is 13.2 Å². The zero-order valence-electron chi connectivity index (χ0n) is 30.0. The van der Waals surface area contributed by atoms with Gasteiger partial charge in [0.1, 0.15) is 12.6 Å². The fourth-order valence-electron chi connectivity index (χ4n) is 5.40. The summed E-state index contributed by atoms with van der Waals surface area (Å²) in [5.74, 6) is -4.68. The Balaban J connectivity index is 1.83. The molecule has 2 amide bonds. The summed E-state index contributed by atoms with van der Waals surface area (Å²) in [5, 5.41) is 7.91. The van der Waals surface area contributed by atoms with E-state index in [1.165, 1.54) is 0 Å². The Morgan fingerprint density at radius 2 is 1.87 bits per heavy atom. The second kappa shape index (κ2) is 13.6. The van der Waals surface area contributed by atoms with E-state index in [0.29, 0.717) is 40.9 Å². The molecule has 0 bridgehead atoms. The molecule has 1 saturated carbocycles. The number of benzene rings is 1. The van der Waals surface area contributed by atoms with E-state index in [1.807, 2.05) is 0 Å². The van der Waals surface area contributed by atoms with Crippen molar-refractivity contribution < 1.29 is 43.2 Å². The summed E-state index contributed by atoms with van der Waals surface area (Å²) in [5.41, 5.74) is -1.27. The predicted octanol–water partition coefficient (Wildman–Crippen LogP) is 6.69. The van der Waals surface area contributed by atoms with Gasteiger partial charge < -0.3 is 24.3 Å². The number of imidazole rings is 1. The van der Waals surface area contributed by atoms with Crippen LogP contribution in [0.2, 0.25) is 25.7 Å². The number of urea groups is 1. The van der Waals surface area contributed by atoms with E-state index in [4.69, 9.17) is 22.3 Å². The number of carbonyl (C=O) groups is 1. The van der Waals surface area contributed by atoms with E-state index in [9.17, 15) is 31.0 Å². The van der Waals surface area contributed by atoms with E-state index in [1.54, 1.807) is 36.6 Å². The molecular formula is C31H48F5N5O4SSi. The third-order valence-corrected chi connectivity index (χ3v) is 11.6. The van der Waals surface area contributed by atoms with Crippen LogP contribution in [0.1, 0.15) is 73.0 Å². The molecule has 4 rings (SSSR count). The summed E-state index contributed by atoms with van der Waals surface area (Å²) in [6.07, 6.45) is -3.46. The molecular weight excluding hydrogens is 662 g/mol. The van der Waals surface area contributed by atoms with Gasteiger partial charge in [-0.3, -0.25) is 5.14 Å². The first-order valence-corrected chi connectivity index (χ1v) is 20.6. The lowest BCUT2D eigenvalue weighted by atomic mass is 9.95. The number of nitrogens with two attached hydrogens (primary N) is 1. The smallest absolute Gasteiger partial charge is 0.365 e. The largest absolute Gasteiger partial charge is 0.416 e. The van der Waals surface area contributed by atoms with E-state index < -0.39 is 79.1 Å². The maximum atomic E-state index is 14.8. The standard InChI is InChI=1S/C31H48F5N5O4SSi/c1-28(2,46(37)43)15-22(16-45-29(3,4)31(34,35)36)26-39-23-14-21(10-11-24(23)41(26)19-44-12-13-47(5,6)7)25(20-8-9-20)40-18-30(32,33)17-38-27(40)42/h10-11,14,20,22,25H,8-9,12-13,15-19,37H2,1-7H3,(H,38,42)/t22-,25+,46?/m0/s1/i18D2. The number of alkyl halides is 5. The van der Waals surface area contributed by atoms with Crippen LogP contribution >= 0.6 is 0 Å². The van der Waals surface area contributed by atoms with Crippen molar-refractivity contribution in [1.29, 1.82) is 0 Å². The van der Waals surface area contributed by atoms with Crippen LogP contribution in [0.3, 0.4) is 0 Å². The lowest BCUT2D eigenvalue weighted by Gasteiger charge is -2.38. The highest BCUT2D eigenvalue weighted by Crippen LogP contribution is 2.46. The third-order valence-electron chi connectivity index (χ3n) is 8.65. The number of amides is 2. The molecule has 9 nitrogen and oxygen atoms in total. The van der Waals surface area contributed by atoms with Crippen LogP contribution < -0.4 is 10.5 Å². The van der Waals surface area contributed by atoms with Crippen LogP contribution in [0.4, 0.5) is 26.7 Å². The van der Waals surface area contributed by atoms with Gasteiger partial charge in [0, 0.05) is 20.6 Å². The van der Waals surface area contributed by atoms with Crippen molar-refractivity contribution in [1.82, 2.24) is 19.8 Å². The van der Waals surface area contributed by atoms with Gasteiger partial charge in [0.05, 0.1) is 55.2 Å². The van der Waals surface area contributed by atoms with Crippen LogP contribution in [0.5, 0.6) is 0 Å². The van der Waals surface area contributed by atoms with Crippen LogP contribution in [-0.2, 0) is 27.2 Å². The number of nitrogens with one attached hydrogen (secondary N) is 1. The fourth-order valence-corrected chi connectivity index (χ4v) is 6.52. The normalized spacial score (nSPS) is 21.6. The highest BCUT2D eigenvalue weighted by atomic mass is 32.2. The topological polar surface area (TPSA) is 112 Å². The van der Waals surface area contributed by atoms with Crippen molar-refractivity contribution in [3.05, 3.63) is 29.6 Å². The number of hydrogen-bond donors (Lipinski definition) is 2. The van der Waals surface area contributed by atoms with Crippen molar-refractivity contribution in [2.75, 3.05) is 26.3 Å². The average molecular weight is 712 g/mol. The van der Waals surface area contributed by atoms with Crippen LogP contribution in [0.15, 0.2) is 18.2 Å². The second-order valence-corrected chi connectivity index (χ2v) is 22.2. The Bertz CT molecular complexity index is 1550. The summed E-state index contributed by atoms with van der Waals surface area (Å²) >= 11 is 0. The number of nitrogens with zero attached hydrogens (tertiary/aromatic N) is 3. The minimum atomic E-state index is -4.68. The Labute approximate surface area is 279 Å². The molecule has 2 heterocycles. The average Bonchev–Trinajstić information content (AvgIpc) is 3.73. The maximum absolute atomic E-state index is 14.8. The summed E-state index contributed by atoms with van der Waals surface area (Å²) in [7, 11) is -3.34. The monoisotopic (exact) mass is 711 g/mol. The highest BCUT2D eigenvalue weighted by Gasteiger charge is 2.49. The van der Waals surface area contributed by atoms with Gasteiger partial charge in [-0.05, 0) is 76.6 Å². The molecule has 3 atom stereocenters. The number of aromatic nitrogens is 2. The van der Waals surface area contributed by atoms with Crippen molar-refractivity contribution >= 4 is 36.1 Å². The van der Waals surface area contributed by atoms with Crippen LogP contribution in [0.25, 0.3) is 11.0 Å². The highest BCUT2D eigenvalue weighted by molar-refractivity contribution is 7.84. The lowest BCUT2D eigenvalue weighted by molar-refractivity contribution is -0.265. The molecule has 1 aliphatic heterocycles. The molecule has 2 aliphatic rings. The Morgan fingerprint density at radius 3 is 2.45 bits per heavy atom. The molecule has 266 valence electrons. The number of rotatable bonds is 15. The minimum absolute atomic E-state index is 0.0175. The number of carbonyl (C=O) groups excluding carboxylic acids is 1. The summed E-state index contributed by atoms with van der Waals surface area (Å²) < 4.78 is 112. The van der Waals surface area contributed by atoms with Gasteiger partial charge in [-0.15, -0.1) is 0 Å². The van der Waals surface area contributed by atoms with Crippen molar-refractivity contribution in [3.63, 3.8) is 0 Å². The van der Waals surface area contributed by atoms with Gasteiger partial charge >= 0.3 is 12.2 Å². The molecule has 3 N–H and O–H groups in total. The maximum Gasteiger partial charge on any atom is 0.416 e. The van der Waals surface area contributed by atoms with Crippen molar-refractivity contribution in [2.24, 2.45) is 11.1 Å². The first kappa shape index (κ1) is 34.7. The molecule has 1 saturated heterocycles. The quantitative estimate of drug-likeness (QED) is 0.122. The summed E-state index contributed by atoms with van der Waals surface area (Å²) in [6.45, 7) is 7.23. The number of halogens is 5. The van der Waals surface area contributed by atoms with E-state index in [0.717, 1.165) is 19.9 Å². The fraction of sp³-hybridized carbons (Fsp3) is 0.742. The Morgan fingerprint density at radius 1 is 1.21 bits per heavy atom. The molecule has 1 unspecified atom stereocenters. The Hall–Kier alpha value is -2.14. The van der Waals surface area contributed by atoms with Gasteiger partial charge in [0.25, 0.3) is 5.92 Å². The summed E-state index contributed by atoms with van der Waals surface area (Å²) in [6, 6.07) is 3.76. The van der Waals surface area contributed by atoms with E-state index in [2.05, 4.69) is 25.0 Å². The first-order valence-electron chi connectivity index (χ1n) is 16.7.